The Balaban J connectivity index is 2.21. The second kappa shape index (κ2) is 3.75. The molecule has 1 saturated carbocycles. The third-order valence-electron chi connectivity index (χ3n) is 2.30. The van der Waals surface area contributed by atoms with E-state index >= 15 is 0 Å². The third-order valence-corrected chi connectivity index (χ3v) is 2.71. The second-order valence-corrected chi connectivity index (χ2v) is 4.35. The van der Waals surface area contributed by atoms with Gasteiger partial charge in [-0.2, -0.15) is 0 Å². The van der Waals surface area contributed by atoms with E-state index in [1.54, 1.807) is 0 Å². The van der Waals surface area contributed by atoms with Crippen molar-refractivity contribution in [2.45, 2.75) is 18.8 Å². The Kier molecular flexibility index (Phi) is 2.61. The van der Waals surface area contributed by atoms with Crippen LogP contribution in [0.3, 0.4) is 0 Å². The van der Waals surface area contributed by atoms with Gasteiger partial charge in [-0.3, -0.25) is 0 Å². The van der Waals surface area contributed by atoms with Gasteiger partial charge in [0, 0.05) is 0 Å². The lowest BCUT2D eigenvalue weighted by molar-refractivity contribution is 1.13. The fourth-order valence-electron chi connectivity index (χ4n) is 1.44. The predicted molar refractivity (Wildman–Crippen MR) is 63.8 cm³/mol. The van der Waals surface area contributed by atoms with Gasteiger partial charge in [0.15, 0.2) is 5.11 Å². The largest absolute Gasteiger partial charge is 0.376 e. The number of rotatable bonds is 2. The van der Waals surface area contributed by atoms with Crippen molar-refractivity contribution in [3.05, 3.63) is 28.8 Å². The summed E-state index contributed by atoms with van der Waals surface area (Å²) < 4.78 is 0. The molecule has 0 saturated heterocycles. The molecule has 4 heteroatoms. The number of halogens is 1. The monoisotopic (exact) mass is 226 g/mol. The lowest BCUT2D eigenvalue weighted by Gasteiger charge is -2.07. The van der Waals surface area contributed by atoms with E-state index in [0.717, 1.165) is 5.69 Å². The van der Waals surface area contributed by atoms with Crippen LogP contribution < -0.4 is 11.1 Å². The number of benzene rings is 1. The molecule has 1 aliphatic rings. The van der Waals surface area contributed by atoms with E-state index in [1.165, 1.54) is 18.4 Å². The molecule has 0 heterocycles. The van der Waals surface area contributed by atoms with Crippen LogP contribution in [0, 0.1) is 0 Å². The Morgan fingerprint density at radius 1 is 1.50 bits per heavy atom. The molecule has 1 aromatic carbocycles. The Bertz CT molecular complexity index is 374. The lowest BCUT2D eigenvalue weighted by atomic mass is 10.1. The van der Waals surface area contributed by atoms with Gasteiger partial charge in [0.2, 0.25) is 0 Å². The van der Waals surface area contributed by atoms with Crippen molar-refractivity contribution in [1.82, 2.24) is 0 Å². The summed E-state index contributed by atoms with van der Waals surface area (Å²) in [6.45, 7) is 0. The summed E-state index contributed by atoms with van der Waals surface area (Å²) in [5, 5.41) is 3.76. The standard InChI is InChI=1S/C10H11ClN2S/c11-8-5-7(6-1-2-6)3-4-9(8)13-10(12)14/h3-6H,1-2H2,(H3,12,13,14). The number of thiocarbonyl (C=S) groups is 1. The van der Waals surface area contributed by atoms with Crippen molar-refractivity contribution in [2.75, 3.05) is 5.32 Å². The van der Waals surface area contributed by atoms with E-state index in [-0.39, 0.29) is 5.11 Å². The zero-order valence-corrected chi connectivity index (χ0v) is 9.16. The third kappa shape index (κ3) is 2.16. The van der Waals surface area contributed by atoms with Crippen LogP contribution in [0.2, 0.25) is 5.02 Å². The van der Waals surface area contributed by atoms with Crippen molar-refractivity contribution in [1.29, 1.82) is 0 Å². The second-order valence-electron chi connectivity index (χ2n) is 3.50. The van der Waals surface area contributed by atoms with Crippen molar-refractivity contribution < 1.29 is 0 Å². The first-order valence-corrected chi connectivity index (χ1v) is 5.31. The van der Waals surface area contributed by atoms with E-state index in [0.29, 0.717) is 10.9 Å². The zero-order valence-electron chi connectivity index (χ0n) is 7.59. The number of nitrogens with one attached hydrogen (secondary N) is 1. The summed E-state index contributed by atoms with van der Waals surface area (Å²) in [6.07, 6.45) is 2.55. The molecule has 0 spiro atoms. The summed E-state index contributed by atoms with van der Waals surface area (Å²) in [5.74, 6) is 0.714. The van der Waals surface area contributed by atoms with Crippen molar-refractivity contribution >= 4 is 34.6 Å². The molecule has 1 aromatic rings. The highest BCUT2D eigenvalue weighted by Gasteiger charge is 2.23. The van der Waals surface area contributed by atoms with Gasteiger partial charge in [0.1, 0.15) is 0 Å². The maximum absolute atomic E-state index is 6.07. The van der Waals surface area contributed by atoms with Gasteiger partial charge in [0.05, 0.1) is 10.7 Å². The summed E-state index contributed by atoms with van der Waals surface area (Å²) in [7, 11) is 0. The molecule has 0 bridgehead atoms. The minimum absolute atomic E-state index is 0.242. The molecule has 0 radical (unpaired) electrons. The molecule has 3 N–H and O–H groups in total. The molecule has 0 atom stereocenters. The first-order valence-electron chi connectivity index (χ1n) is 4.52. The Morgan fingerprint density at radius 2 is 2.21 bits per heavy atom. The molecule has 0 aromatic heterocycles. The number of hydrogen-bond acceptors (Lipinski definition) is 1. The first kappa shape index (κ1) is 9.74. The van der Waals surface area contributed by atoms with Crippen LogP contribution in [-0.4, -0.2) is 5.11 Å². The zero-order chi connectivity index (χ0) is 10.1. The Morgan fingerprint density at radius 3 is 2.71 bits per heavy atom. The molecule has 1 aliphatic carbocycles. The van der Waals surface area contributed by atoms with E-state index < -0.39 is 0 Å². The molecule has 1 fully saturated rings. The minimum atomic E-state index is 0.242. The SMILES string of the molecule is NC(=S)Nc1ccc(C2CC2)cc1Cl. The molecule has 0 amide bonds. The van der Waals surface area contributed by atoms with Gasteiger partial charge in [0.25, 0.3) is 0 Å². The molecule has 74 valence electrons. The smallest absolute Gasteiger partial charge is 0.168 e. The van der Waals surface area contributed by atoms with Crippen LogP contribution in [-0.2, 0) is 0 Å². The molecule has 2 nitrogen and oxygen atoms in total. The van der Waals surface area contributed by atoms with Gasteiger partial charge in [-0.15, -0.1) is 0 Å². The highest BCUT2D eigenvalue weighted by molar-refractivity contribution is 7.80. The van der Waals surface area contributed by atoms with Gasteiger partial charge in [-0.05, 0) is 48.7 Å². The van der Waals surface area contributed by atoms with E-state index in [2.05, 4.69) is 11.4 Å². The Labute approximate surface area is 93.4 Å². The topological polar surface area (TPSA) is 38.0 Å². The number of anilines is 1. The predicted octanol–water partition coefficient (Wildman–Crippen LogP) is 2.87. The van der Waals surface area contributed by atoms with E-state index in [9.17, 15) is 0 Å². The highest BCUT2D eigenvalue weighted by atomic mass is 35.5. The van der Waals surface area contributed by atoms with Gasteiger partial charge >= 0.3 is 0 Å². The van der Waals surface area contributed by atoms with Crippen LogP contribution in [0.4, 0.5) is 5.69 Å². The minimum Gasteiger partial charge on any atom is -0.376 e. The average molecular weight is 227 g/mol. The van der Waals surface area contributed by atoms with Crippen LogP contribution in [0.5, 0.6) is 0 Å². The molecular formula is C10H11ClN2S. The van der Waals surface area contributed by atoms with Crippen LogP contribution in [0.25, 0.3) is 0 Å². The van der Waals surface area contributed by atoms with E-state index in [4.69, 9.17) is 29.6 Å². The molecule has 0 aliphatic heterocycles. The number of hydrogen-bond donors (Lipinski definition) is 2. The average Bonchev–Trinajstić information content (AvgIpc) is 2.90. The summed E-state index contributed by atoms with van der Waals surface area (Å²) in [5.41, 5.74) is 7.46. The maximum Gasteiger partial charge on any atom is 0.168 e. The fraction of sp³-hybridized carbons (Fsp3) is 0.300. The number of nitrogens with two attached hydrogens (primary N) is 1. The summed E-state index contributed by atoms with van der Waals surface area (Å²) in [6, 6.07) is 5.99. The normalized spacial score (nSPS) is 15.2. The van der Waals surface area contributed by atoms with Crippen LogP contribution in [0.1, 0.15) is 24.3 Å². The van der Waals surface area contributed by atoms with Crippen LogP contribution >= 0.6 is 23.8 Å². The lowest BCUT2D eigenvalue weighted by Crippen LogP contribution is -2.19. The molecular weight excluding hydrogens is 216 g/mol. The van der Waals surface area contributed by atoms with Crippen molar-refractivity contribution in [2.24, 2.45) is 5.73 Å². The quantitative estimate of drug-likeness (QED) is 0.762. The van der Waals surface area contributed by atoms with E-state index in [1.807, 2.05) is 12.1 Å². The summed E-state index contributed by atoms with van der Waals surface area (Å²) >= 11 is 10.8. The van der Waals surface area contributed by atoms with Gasteiger partial charge in [-0.25, -0.2) is 0 Å². The molecule has 0 unspecified atom stereocenters. The fourth-order valence-corrected chi connectivity index (χ4v) is 1.78. The highest BCUT2D eigenvalue weighted by Crippen LogP contribution is 2.41. The van der Waals surface area contributed by atoms with Crippen LogP contribution in [0.15, 0.2) is 18.2 Å². The summed E-state index contributed by atoms with van der Waals surface area (Å²) in [4.78, 5) is 0. The van der Waals surface area contributed by atoms with Crippen molar-refractivity contribution in [3.8, 4) is 0 Å². The first-order chi connectivity index (χ1) is 6.66. The van der Waals surface area contributed by atoms with Gasteiger partial charge < -0.3 is 11.1 Å². The van der Waals surface area contributed by atoms with Crippen molar-refractivity contribution in [3.63, 3.8) is 0 Å². The van der Waals surface area contributed by atoms with Gasteiger partial charge in [-0.1, -0.05) is 17.7 Å². The molecule has 2 rings (SSSR count). The maximum atomic E-state index is 6.07. The Hall–Kier alpha value is -0.800. The molecule has 14 heavy (non-hydrogen) atoms.